The van der Waals surface area contributed by atoms with Gasteiger partial charge >= 0.3 is 6.99 Å². The Bertz CT molecular complexity index is 201. The fourth-order valence-electron chi connectivity index (χ4n) is 1.96. The minimum absolute atomic E-state index is 0.174. The van der Waals surface area contributed by atoms with E-state index in [0.717, 1.165) is 0 Å². The maximum Gasteiger partial charge on any atom is 0.317 e. The molecular formula is C12H28ClNOP+. The Kier molecular flexibility index (Phi) is 6.80. The molecule has 98 valence electrons. The lowest BCUT2D eigenvalue weighted by atomic mass is 10.3. The summed E-state index contributed by atoms with van der Waals surface area (Å²) in [6.45, 7) is 15.1. The van der Waals surface area contributed by atoms with Gasteiger partial charge in [-0.3, -0.25) is 0 Å². The van der Waals surface area contributed by atoms with Crippen LogP contribution in [0.4, 0.5) is 0 Å². The second-order valence-electron chi connectivity index (χ2n) is 5.36. The van der Waals surface area contributed by atoms with Gasteiger partial charge in [0, 0.05) is 12.1 Å². The topological polar surface area (TPSA) is 12.5 Å². The highest BCUT2D eigenvalue weighted by atomic mass is 35.7. The summed E-state index contributed by atoms with van der Waals surface area (Å²) >= 11 is 6.84. The summed E-state index contributed by atoms with van der Waals surface area (Å²) in [7, 11) is 0. The second-order valence-corrected chi connectivity index (χ2v) is 9.61. The van der Waals surface area contributed by atoms with Crippen molar-refractivity contribution >= 4 is 18.2 Å². The molecule has 0 spiro atoms. The zero-order chi connectivity index (χ0) is 13.1. The Balaban J connectivity index is 5.12. The van der Waals surface area contributed by atoms with Crippen LogP contribution >= 0.6 is 18.2 Å². The summed E-state index contributed by atoms with van der Waals surface area (Å²) in [6.07, 6.45) is 0.174. The van der Waals surface area contributed by atoms with E-state index in [1.165, 1.54) is 0 Å². The molecule has 0 saturated heterocycles. The molecule has 0 fully saturated rings. The zero-order valence-corrected chi connectivity index (χ0v) is 13.6. The molecule has 0 amide bonds. The number of rotatable bonds is 6. The Morgan fingerprint density at radius 2 is 1.25 bits per heavy atom. The van der Waals surface area contributed by atoms with Crippen LogP contribution < -0.4 is 0 Å². The summed E-state index contributed by atoms with van der Waals surface area (Å²) in [5, 5.41) is 0. The first kappa shape index (κ1) is 16.6. The molecule has 0 radical (unpaired) electrons. The lowest BCUT2D eigenvalue weighted by Crippen LogP contribution is -2.39. The smallest absolute Gasteiger partial charge is 0.197 e. The van der Waals surface area contributed by atoms with Gasteiger partial charge in [-0.2, -0.15) is 4.52 Å². The first-order valence-electron chi connectivity index (χ1n) is 6.18. The fourth-order valence-corrected chi connectivity index (χ4v) is 6.23. The lowest BCUT2D eigenvalue weighted by Gasteiger charge is -2.37. The standard InChI is InChI=1S/C12H28ClNOP/c1-9(2)14(10(3)4)16(13,12(7)8)15-11(5)6/h9-12H,1-8H3/q+1. The molecule has 0 aliphatic carbocycles. The SMILES string of the molecule is CC(C)O[P+](Cl)(C(C)C)N(C(C)C)C(C)C. The van der Waals surface area contributed by atoms with Crippen LogP contribution in [0.1, 0.15) is 55.4 Å². The van der Waals surface area contributed by atoms with Crippen molar-refractivity contribution in [3.63, 3.8) is 0 Å². The highest BCUT2D eigenvalue weighted by Gasteiger charge is 2.52. The Morgan fingerprint density at radius 1 is 0.875 bits per heavy atom. The van der Waals surface area contributed by atoms with Gasteiger partial charge in [-0.25, -0.2) is 0 Å². The van der Waals surface area contributed by atoms with E-state index in [4.69, 9.17) is 15.8 Å². The molecule has 2 nitrogen and oxygen atoms in total. The normalized spacial score (nSPS) is 16.9. The van der Waals surface area contributed by atoms with Gasteiger partial charge in [-0.05, 0) is 55.4 Å². The van der Waals surface area contributed by atoms with Crippen LogP contribution in [0, 0.1) is 0 Å². The minimum atomic E-state index is -2.01. The Labute approximate surface area is 107 Å². The first-order chi connectivity index (χ1) is 7.12. The summed E-state index contributed by atoms with van der Waals surface area (Å²) in [4.78, 5) is 0. The van der Waals surface area contributed by atoms with Gasteiger partial charge in [0.15, 0.2) is 0 Å². The molecule has 4 heteroatoms. The van der Waals surface area contributed by atoms with Crippen LogP contribution in [0.15, 0.2) is 0 Å². The Hall–Kier alpha value is 0.640. The van der Waals surface area contributed by atoms with Crippen LogP contribution in [0.3, 0.4) is 0 Å². The van der Waals surface area contributed by atoms with Crippen molar-refractivity contribution in [2.75, 3.05) is 0 Å². The van der Waals surface area contributed by atoms with Gasteiger partial charge in [-0.1, -0.05) is 0 Å². The molecule has 1 unspecified atom stereocenters. The van der Waals surface area contributed by atoms with Gasteiger partial charge in [0.2, 0.25) is 0 Å². The molecule has 0 aliphatic heterocycles. The average Bonchev–Trinajstić information content (AvgIpc) is 1.99. The van der Waals surface area contributed by atoms with Crippen LogP contribution in [0.2, 0.25) is 0 Å². The van der Waals surface area contributed by atoms with E-state index in [9.17, 15) is 0 Å². The van der Waals surface area contributed by atoms with Crippen molar-refractivity contribution in [3.8, 4) is 0 Å². The van der Waals surface area contributed by atoms with Crippen molar-refractivity contribution in [1.29, 1.82) is 0 Å². The molecule has 0 bridgehead atoms. The summed E-state index contributed by atoms with van der Waals surface area (Å²) in [5.41, 5.74) is 0.348. The zero-order valence-electron chi connectivity index (χ0n) is 12.0. The predicted molar refractivity (Wildman–Crippen MR) is 76.2 cm³/mol. The highest BCUT2D eigenvalue weighted by molar-refractivity contribution is 7.94. The maximum atomic E-state index is 6.84. The molecule has 0 aromatic heterocycles. The van der Waals surface area contributed by atoms with Crippen molar-refractivity contribution in [2.45, 2.75) is 79.2 Å². The summed E-state index contributed by atoms with van der Waals surface area (Å²) in [6, 6.07) is 0.818. The molecule has 0 rings (SSSR count). The van der Waals surface area contributed by atoms with E-state index in [1.807, 2.05) is 0 Å². The molecular weight excluding hydrogens is 241 g/mol. The third-order valence-corrected chi connectivity index (χ3v) is 7.85. The van der Waals surface area contributed by atoms with E-state index >= 15 is 0 Å². The third kappa shape index (κ3) is 4.14. The van der Waals surface area contributed by atoms with Crippen molar-refractivity contribution in [1.82, 2.24) is 4.67 Å². The third-order valence-electron chi connectivity index (χ3n) is 2.37. The van der Waals surface area contributed by atoms with Gasteiger partial charge in [0.25, 0.3) is 0 Å². The van der Waals surface area contributed by atoms with Gasteiger partial charge in [0.05, 0.1) is 6.10 Å². The van der Waals surface area contributed by atoms with E-state index in [0.29, 0.717) is 17.7 Å². The fraction of sp³-hybridized carbons (Fsp3) is 1.00. The van der Waals surface area contributed by atoms with E-state index < -0.39 is 6.99 Å². The first-order valence-corrected chi connectivity index (χ1v) is 8.81. The largest absolute Gasteiger partial charge is 0.317 e. The number of hydrogen-bond acceptors (Lipinski definition) is 2. The molecule has 0 heterocycles. The van der Waals surface area contributed by atoms with Gasteiger partial charge in [-0.15, -0.1) is 4.67 Å². The molecule has 0 aromatic rings. The highest BCUT2D eigenvalue weighted by Crippen LogP contribution is 2.73. The molecule has 1 atom stereocenters. The molecule has 0 aliphatic rings. The predicted octanol–water partition coefficient (Wildman–Crippen LogP) is 4.94. The summed E-state index contributed by atoms with van der Waals surface area (Å²) in [5.74, 6) is 0. The number of halogens is 1. The van der Waals surface area contributed by atoms with Crippen LogP contribution in [0.25, 0.3) is 0 Å². The van der Waals surface area contributed by atoms with Gasteiger partial charge in [0.1, 0.15) is 16.9 Å². The van der Waals surface area contributed by atoms with E-state index in [-0.39, 0.29) is 6.10 Å². The van der Waals surface area contributed by atoms with Crippen LogP contribution in [-0.4, -0.2) is 28.5 Å². The van der Waals surface area contributed by atoms with Gasteiger partial charge < -0.3 is 0 Å². The maximum absolute atomic E-state index is 6.84. The quantitative estimate of drug-likeness (QED) is 0.633. The number of hydrogen-bond donors (Lipinski definition) is 0. The van der Waals surface area contributed by atoms with Crippen molar-refractivity contribution in [3.05, 3.63) is 0 Å². The monoisotopic (exact) mass is 268 g/mol. The van der Waals surface area contributed by atoms with Crippen LogP contribution in [0.5, 0.6) is 0 Å². The summed E-state index contributed by atoms with van der Waals surface area (Å²) < 4.78 is 8.43. The van der Waals surface area contributed by atoms with E-state index in [2.05, 4.69) is 60.1 Å². The number of nitrogens with zero attached hydrogens (tertiary/aromatic N) is 1. The van der Waals surface area contributed by atoms with Crippen molar-refractivity contribution < 1.29 is 4.52 Å². The minimum Gasteiger partial charge on any atom is -0.197 e. The lowest BCUT2D eigenvalue weighted by molar-refractivity contribution is 0.205. The molecule has 0 aromatic carbocycles. The Morgan fingerprint density at radius 3 is 1.44 bits per heavy atom. The average molecular weight is 269 g/mol. The molecule has 16 heavy (non-hydrogen) atoms. The van der Waals surface area contributed by atoms with Crippen molar-refractivity contribution in [2.24, 2.45) is 0 Å². The van der Waals surface area contributed by atoms with Crippen LogP contribution in [-0.2, 0) is 4.52 Å². The van der Waals surface area contributed by atoms with E-state index in [1.54, 1.807) is 0 Å². The second kappa shape index (κ2) is 6.54. The molecule has 0 saturated carbocycles. The molecule has 0 N–H and O–H groups in total.